The highest BCUT2D eigenvalue weighted by Gasteiger charge is 2.13. The van der Waals surface area contributed by atoms with Crippen LogP contribution in [0.15, 0.2) is 74.7 Å². The number of benzene rings is 2. The van der Waals surface area contributed by atoms with Crippen LogP contribution < -0.4 is 15.9 Å². The molecule has 2 heterocycles. The lowest BCUT2D eigenvalue weighted by Gasteiger charge is -2.11. The fourth-order valence-corrected chi connectivity index (χ4v) is 3.17. The van der Waals surface area contributed by atoms with E-state index in [0.29, 0.717) is 12.0 Å². The zero-order chi connectivity index (χ0) is 19.5. The maximum absolute atomic E-state index is 12.5. The van der Waals surface area contributed by atoms with Crippen LogP contribution in [-0.4, -0.2) is 9.97 Å². The van der Waals surface area contributed by atoms with E-state index in [1.165, 1.54) is 6.07 Å². The Hall–Kier alpha value is -3.67. The Kier molecular flexibility index (Phi) is 4.76. The Morgan fingerprint density at radius 3 is 2.54 bits per heavy atom. The Morgan fingerprint density at radius 2 is 1.75 bits per heavy atom. The minimum absolute atomic E-state index is 0.0109. The van der Waals surface area contributed by atoms with Crippen LogP contribution in [0.3, 0.4) is 0 Å². The van der Waals surface area contributed by atoms with Gasteiger partial charge in [-0.25, -0.2) is 4.79 Å². The summed E-state index contributed by atoms with van der Waals surface area (Å²) in [6.45, 7) is 2.07. The Morgan fingerprint density at radius 1 is 1.00 bits per heavy atom. The lowest BCUT2D eigenvalue weighted by atomic mass is 10.0. The van der Waals surface area contributed by atoms with Gasteiger partial charge < -0.3 is 9.15 Å². The van der Waals surface area contributed by atoms with E-state index in [4.69, 9.17) is 9.15 Å². The molecule has 0 amide bonds. The van der Waals surface area contributed by atoms with Crippen molar-refractivity contribution in [2.45, 2.75) is 20.0 Å². The van der Waals surface area contributed by atoms with E-state index in [9.17, 15) is 9.59 Å². The molecule has 0 saturated carbocycles. The van der Waals surface area contributed by atoms with Gasteiger partial charge in [0.15, 0.2) is 0 Å². The smallest absolute Gasteiger partial charge is 0.337 e. The summed E-state index contributed by atoms with van der Waals surface area (Å²) in [6, 6.07) is 19.1. The predicted octanol–water partition coefficient (Wildman–Crippen LogP) is 3.68. The molecular formula is C22H18N2O4. The Labute approximate surface area is 160 Å². The molecule has 0 spiro atoms. The Balaban J connectivity index is 1.68. The van der Waals surface area contributed by atoms with Crippen molar-refractivity contribution in [2.75, 3.05) is 0 Å². The van der Waals surface area contributed by atoms with Gasteiger partial charge in [0, 0.05) is 6.07 Å². The molecule has 0 fully saturated rings. The number of aryl methyl sites for hydroxylation is 1. The lowest BCUT2D eigenvalue weighted by molar-refractivity contribution is 0.280. The zero-order valence-electron chi connectivity index (χ0n) is 15.3. The molecule has 0 aliphatic rings. The van der Waals surface area contributed by atoms with Crippen LogP contribution in [0.2, 0.25) is 0 Å². The molecule has 6 heteroatoms. The fraction of sp³-hybridized carbons (Fsp3) is 0.136. The van der Waals surface area contributed by atoms with Crippen LogP contribution in [-0.2, 0) is 13.0 Å². The number of aromatic nitrogens is 2. The third kappa shape index (κ3) is 3.44. The molecule has 0 bridgehead atoms. The van der Waals surface area contributed by atoms with Crippen LogP contribution in [0.4, 0.5) is 0 Å². The van der Waals surface area contributed by atoms with Gasteiger partial charge in [0.2, 0.25) is 5.71 Å². The van der Waals surface area contributed by atoms with Gasteiger partial charge in [0.1, 0.15) is 12.0 Å². The van der Waals surface area contributed by atoms with Gasteiger partial charge in [0.05, 0.1) is 0 Å². The van der Waals surface area contributed by atoms with Crippen molar-refractivity contribution in [3.05, 3.63) is 92.6 Å². The molecule has 28 heavy (non-hydrogen) atoms. The molecule has 0 atom stereocenters. The summed E-state index contributed by atoms with van der Waals surface area (Å²) in [5, 5.41) is 0.277. The van der Waals surface area contributed by atoms with Gasteiger partial charge in [-0.15, -0.1) is 0 Å². The summed E-state index contributed by atoms with van der Waals surface area (Å²) in [5.74, 6) is 0. The quantitative estimate of drug-likeness (QED) is 0.576. The second-order valence-electron chi connectivity index (χ2n) is 6.31. The molecular weight excluding hydrogens is 356 g/mol. The summed E-state index contributed by atoms with van der Waals surface area (Å²) in [7, 11) is 0. The largest absolute Gasteiger partial charge is 0.460 e. The van der Waals surface area contributed by atoms with E-state index < -0.39 is 11.2 Å². The number of hydrogen-bond acceptors (Lipinski definition) is 5. The number of aromatic amines is 1. The first-order valence-corrected chi connectivity index (χ1v) is 8.99. The fourth-order valence-electron chi connectivity index (χ4n) is 3.17. The molecule has 4 aromatic rings. The van der Waals surface area contributed by atoms with Crippen molar-refractivity contribution in [3.63, 3.8) is 0 Å². The summed E-state index contributed by atoms with van der Waals surface area (Å²) >= 11 is 0. The van der Waals surface area contributed by atoms with E-state index in [1.54, 1.807) is 0 Å². The number of hydrogen-bond donors (Lipinski definition) is 1. The van der Waals surface area contributed by atoms with E-state index in [2.05, 4.69) is 9.97 Å². The minimum atomic E-state index is -0.539. The van der Waals surface area contributed by atoms with Crippen LogP contribution in [0.1, 0.15) is 18.1 Å². The third-order valence-corrected chi connectivity index (χ3v) is 4.52. The van der Waals surface area contributed by atoms with E-state index in [-0.39, 0.29) is 23.7 Å². The van der Waals surface area contributed by atoms with Crippen molar-refractivity contribution < 1.29 is 9.15 Å². The maximum Gasteiger partial charge on any atom is 0.337 e. The standard InChI is InChI=1S/C22H18N2O4/c1-2-14-12-18(25)28-21-19(14)20(26)23-22(24-21)27-13-16-10-6-7-11-17(16)15-8-4-3-5-9-15/h3-12H,2,13H2,1H3,(H,23,24,26). The molecule has 2 aromatic carbocycles. The van der Waals surface area contributed by atoms with Crippen molar-refractivity contribution >= 4 is 11.1 Å². The summed E-state index contributed by atoms with van der Waals surface area (Å²) in [6.07, 6.45) is 0.525. The number of nitrogens with zero attached hydrogens (tertiary/aromatic N) is 1. The Bertz CT molecular complexity index is 1240. The van der Waals surface area contributed by atoms with Gasteiger partial charge >= 0.3 is 5.63 Å². The predicted molar refractivity (Wildman–Crippen MR) is 106 cm³/mol. The molecule has 0 unspecified atom stereocenters. The molecule has 0 aliphatic carbocycles. The van der Waals surface area contributed by atoms with Crippen molar-refractivity contribution in [2.24, 2.45) is 0 Å². The average Bonchev–Trinajstić information content (AvgIpc) is 2.72. The zero-order valence-corrected chi connectivity index (χ0v) is 15.3. The average molecular weight is 374 g/mol. The van der Waals surface area contributed by atoms with Gasteiger partial charge in [0.25, 0.3) is 11.6 Å². The maximum atomic E-state index is 12.5. The monoisotopic (exact) mass is 374 g/mol. The first-order valence-electron chi connectivity index (χ1n) is 8.99. The van der Waals surface area contributed by atoms with E-state index in [1.807, 2.05) is 61.5 Å². The minimum Gasteiger partial charge on any atom is -0.460 e. The highest BCUT2D eigenvalue weighted by molar-refractivity contribution is 5.75. The molecule has 6 nitrogen and oxygen atoms in total. The van der Waals surface area contributed by atoms with E-state index >= 15 is 0 Å². The normalized spacial score (nSPS) is 10.9. The summed E-state index contributed by atoms with van der Waals surface area (Å²) in [5.41, 5.74) is 2.70. The molecule has 0 aliphatic heterocycles. The van der Waals surface area contributed by atoms with Gasteiger partial charge in [-0.2, -0.15) is 4.98 Å². The molecule has 1 N–H and O–H groups in total. The SMILES string of the molecule is CCc1cc(=O)oc2nc(OCc3ccccc3-c3ccccc3)[nH]c(=O)c12. The highest BCUT2D eigenvalue weighted by Crippen LogP contribution is 2.24. The number of ether oxygens (including phenoxy) is 1. The van der Waals surface area contributed by atoms with Gasteiger partial charge in [-0.3, -0.25) is 9.78 Å². The van der Waals surface area contributed by atoms with Crippen LogP contribution >= 0.6 is 0 Å². The van der Waals surface area contributed by atoms with Gasteiger partial charge in [-0.05, 0) is 28.7 Å². The van der Waals surface area contributed by atoms with Crippen molar-refractivity contribution in [3.8, 4) is 17.1 Å². The van der Waals surface area contributed by atoms with Crippen molar-refractivity contribution in [1.82, 2.24) is 9.97 Å². The second kappa shape index (κ2) is 7.52. The number of nitrogens with one attached hydrogen (secondary N) is 1. The first kappa shape index (κ1) is 17.7. The summed E-state index contributed by atoms with van der Waals surface area (Å²) < 4.78 is 10.8. The second-order valence-corrected chi connectivity index (χ2v) is 6.31. The molecule has 140 valence electrons. The first-order chi connectivity index (χ1) is 13.7. The van der Waals surface area contributed by atoms with Crippen molar-refractivity contribution in [1.29, 1.82) is 0 Å². The summed E-state index contributed by atoms with van der Waals surface area (Å²) in [4.78, 5) is 31.0. The lowest BCUT2D eigenvalue weighted by Crippen LogP contribution is -2.15. The molecule has 0 saturated heterocycles. The molecule has 2 aromatic heterocycles. The van der Waals surface area contributed by atoms with Gasteiger partial charge in [-0.1, -0.05) is 61.5 Å². The topological polar surface area (TPSA) is 85.2 Å². The number of fused-ring (bicyclic) bond motifs is 1. The number of rotatable bonds is 5. The molecule has 0 radical (unpaired) electrons. The third-order valence-electron chi connectivity index (χ3n) is 4.52. The van der Waals surface area contributed by atoms with Crippen LogP contribution in [0.5, 0.6) is 6.01 Å². The number of H-pyrrole nitrogens is 1. The highest BCUT2D eigenvalue weighted by atomic mass is 16.5. The van der Waals surface area contributed by atoms with E-state index in [0.717, 1.165) is 16.7 Å². The molecule has 4 rings (SSSR count). The van der Waals surface area contributed by atoms with Crippen LogP contribution in [0, 0.1) is 0 Å². The van der Waals surface area contributed by atoms with Crippen LogP contribution in [0.25, 0.3) is 22.2 Å².